The van der Waals surface area contributed by atoms with E-state index in [2.05, 4.69) is 22.5 Å². The molecule has 0 spiro atoms. The Bertz CT molecular complexity index is 619. The quantitative estimate of drug-likeness (QED) is 0.557. The fourth-order valence-corrected chi connectivity index (χ4v) is 2.27. The van der Waals surface area contributed by atoms with Crippen LogP contribution in [-0.2, 0) is 0 Å². The second-order valence-electron chi connectivity index (χ2n) is 4.64. The summed E-state index contributed by atoms with van der Waals surface area (Å²) in [6.45, 7) is 0. The molecule has 4 heteroatoms. The van der Waals surface area contributed by atoms with Gasteiger partial charge in [-0.25, -0.2) is 0 Å². The molecule has 0 atom stereocenters. The van der Waals surface area contributed by atoms with Crippen LogP contribution in [0.15, 0.2) is 36.4 Å². The first kappa shape index (κ1) is 10.9. The molecule has 0 saturated carbocycles. The van der Waals surface area contributed by atoms with Gasteiger partial charge in [0.1, 0.15) is 5.69 Å². The molecule has 0 bridgehead atoms. The van der Waals surface area contributed by atoms with Crippen LogP contribution in [0.3, 0.4) is 0 Å². The van der Waals surface area contributed by atoms with E-state index in [0.29, 0.717) is 11.4 Å². The third-order valence-corrected chi connectivity index (χ3v) is 3.23. The number of hydrogen-bond donors (Lipinski definition) is 3. The summed E-state index contributed by atoms with van der Waals surface area (Å²) >= 11 is 0. The van der Waals surface area contributed by atoms with Crippen LogP contribution in [-0.4, -0.2) is 16.9 Å². The van der Waals surface area contributed by atoms with Crippen LogP contribution in [0.2, 0.25) is 0 Å². The van der Waals surface area contributed by atoms with Crippen molar-refractivity contribution in [2.75, 3.05) is 5.73 Å². The number of carbonyl (C=O) groups is 1. The van der Waals surface area contributed by atoms with Crippen molar-refractivity contribution in [3.63, 3.8) is 0 Å². The van der Waals surface area contributed by atoms with Gasteiger partial charge in [0.2, 0.25) is 0 Å². The lowest BCUT2D eigenvalue weighted by Crippen LogP contribution is -2.32. The lowest BCUT2D eigenvalue weighted by molar-refractivity contribution is 0.0935. The highest BCUT2D eigenvalue weighted by molar-refractivity contribution is 5.98. The number of nitrogens with one attached hydrogen (secondary N) is 2. The second-order valence-corrected chi connectivity index (χ2v) is 4.64. The average molecular weight is 241 g/mol. The molecule has 1 aromatic carbocycles. The Kier molecular flexibility index (Phi) is 2.55. The number of rotatable bonds is 2. The summed E-state index contributed by atoms with van der Waals surface area (Å²) < 4.78 is 0. The number of carbonyl (C=O) groups excluding carboxylic acids is 1. The number of fused-ring (bicyclic) bond motifs is 1. The minimum absolute atomic E-state index is 0.0570. The second kappa shape index (κ2) is 4.22. The topological polar surface area (TPSA) is 70.9 Å². The number of hydrogen-bond acceptors (Lipinski definition) is 2. The smallest absolute Gasteiger partial charge is 0.267 e. The average Bonchev–Trinajstić information content (AvgIpc) is 2.96. The van der Waals surface area contributed by atoms with Gasteiger partial charge in [-0.2, -0.15) is 0 Å². The normalized spacial score (nSPS) is 15.3. The van der Waals surface area contributed by atoms with Gasteiger partial charge in [0.25, 0.3) is 5.91 Å². The molecular weight excluding hydrogens is 226 g/mol. The fraction of sp³-hybridized carbons (Fsp3) is 0.214. The van der Waals surface area contributed by atoms with Crippen LogP contribution < -0.4 is 11.1 Å². The van der Waals surface area contributed by atoms with Gasteiger partial charge in [0, 0.05) is 22.6 Å². The monoisotopic (exact) mass is 241 g/mol. The Labute approximate surface area is 105 Å². The predicted octanol–water partition coefficient (Wildman–Crippen LogP) is 2.20. The molecule has 1 heterocycles. The van der Waals surface area contributed by atoms with Gasteiger partial charge < -0.3 is 16.0 Å². The highest BCUT2D eigenvalue weighted by Crippen LogP contribution is 2.19. The molecule has 18 heavy (non-hydrogen) atoms. The maximum absolute atomic E-state index is 12.1. The lowest BCUT2D eigenvalue weighted by atomic mass is 10.2. The summed E-state index contributed by atoms with van der Waals surface area (Å²) in [4.78, 5) is 15.2. The number of aromatic nitrogens is 1. The predicted molar refractivity (Wildman–Crippen MR) is 72.3 cm³/mol. The van der Waals surface area contributed by atoms with Gasteiger partial charge in [-0.15, -0.1) is 0 Å². The SMILES string of the molecule is Nc1ccc2[nH]c(C(=O)NC3CC=CC3)cc2c1. The van der Waals surface area contributed by atoms with Gasteiger partial charge in [-0.1, -0.05) is 12.2 Å². The van der Waals surface area contributed by atoms with Crippen LogP contribution in [0, 0.1) is 0 Å². The zero-order valence-corrected chi connectivity index (χ0v) is 9.94. The maximum Gasteiger partial charge on any atom is 0.267 e. The van der Waals surface area contributed by atoms with Crippen LogP contribution in [0.5, 0.6) is 0 Å². The zero-order valence-electron chi connectivity index (χ0n) is 9.94. The van der Waals surface area contributed by atoms with Crippen molar-refractivity contribution >= 4 is 22.5 Å². The summed E-state index contributed by atoms with van der Waals surface area (Å²) in [5, 5.41) is 3.97. The number of H-pyrrole nitrogens is 1. The van der Waals surface area contributed by atoms with Crippen molar-refractivity contribution in [1.29, 1.82) is 0 Å². The number of aromatic amines is 1. The fourth-order valence-electron chi connectivity index (χ4n) is 2.27. The van der Waals surface area contributed by atoms with E-state index in [9.17, 15) is 4.79 Å². The van der Waals surface area contributed by atoms with Crippen LogP contribution in [0.4, 0.5) is 5.69 Å². The number of benzene rings is 1. The maximum atomic E-state index is 12.1. The van der Waals surface area contributed by atoms with Gasteiger partial charge in [0.05, 0.1) is 0 Å². The molecule has 92 valence electrons. The highest BCUT2D eigenvalue weighted by atomic mass is 16.1. The molecule has 2 aromatic rings. The van der Waals surface area contributed by atoms with E-state index < -0.39 is 0 Å². The highest BCUT2D eigenvalue weighted by Gasteiger charge is 2.16. The molecule has 0 radical (unpaired) electrons. The van der Waals surface area contributed by atoms with Gasteiger partial charge in [-0.05, 0) is 37.1 Å². The summed E-state index contributed by atoms with van der Waals surface area (Å²) in [6.07, 6.45) is 6.02. The molecule has 0 aliphatic heterocycles. The van der Waals surface area contributed by atoms with Gasteiger partial charge in [-0.3, -0.25) is 4.79 Å². The molecule has 1 aliphatic rings. The number of anilines is 1. The Morgan fingerprint density at radius 1 is 1.28 bits per heavy atom. The van der Waals surface area contributed by atoms with Crippen molar-refractivity contribution in [2.24, 2.45) is 0 Å². The van der Waals surface area contributed by atoms with E-state index in [1.807, 2.05) is 24.3 Å². The molecule has 1 aromatic heterocycles. The molecular formula is C14H15N3O. The van der Waals surface area contributed by atoms with Crippen molar-refractivity contribution < 1.29 is 4.79 Å². The van der Waals surface area contributed by atoms with E-state index in [1.54, 1.807) is 0 Å². The van der Waals surface area contributed by atoms with E-state index in [0.717, 1.165) is 23.7 Å². The molecule has 4 nitrogen and oxygen atoms in total. The van der Waals surface area contributed by atoms with Crippen LogP contribution >= 0.6 is 0 Å². The Balaban J connectivity index is 1.82. The largest absolute Gasteiger partial charge is 0.399 e. The van der Waals surface area contributed by atoms with Crippen LogP contribution in [0.25, 0.3) is 10.9 Å². The van der Waals surface area contributed by atoms with Gasteiger partial charge in [0.15, 0.2) is 0 Å². The summed E-state index contributed by atoms with van der Waals surface area (Å²) in [6, 6.07) is 7.64. The lowest BCUT2D eigenvalue weighted by Gasteiger charge is -2.10. The number of nitrogens with two attached hydrogens (primary N) is 1. The molecule has 3 rings (SSSR count). The van der Waals surface area contributed by atoms with E-state index in [1.165, 1.54) is 0 Å². The van der Waals surface area contributed by atoms with Crippen molar-refractivity contribution in [3.8, 4) is 0 Å². The van der Waals surface area contributed by atoms with Crippen molar-refractivity contribution in [1.82, 2.24) is 10.3 Å². The minimum atomic E-state index is -0.0570. The first-order valence-corrected chi connectivity index (χ1v) is 6.06. The summed E-state index contributed by atoms with van der Waals surface area (Å²) in [7, 11) is 0. The summed E-state index contributed by atoms with van der Waals surface area (Å²) in [5.41, 5.74) is 7.94. The molecule has 1 aliphatic carbocycles. The molecule has 0 fully saturated rings. The van der Waals surface area contributed by atoms with Crippen molar-refractivity contribution in [2.45, 2.75) is 18.9 Å². The Morgan fingerprint density at radius 3 is 2.83 bits per heavy atom. The molecule has 0 saturated heterocycles. The van der Waals surface area contributed by atoms with Crippen molar-refractivity contribution in [3.05, 3.63) is 42.1 Å². The summed E-state index contributed by atoms with van der Waals surface area (Å²) in [5.74, 6) is -0.0570. The first-order valence-electron chi connectivity index (χ1n) is 6.06. The molecule has 4 N–H and O–H groups in total. The molecule has 1 amide bonds. The Morgan fingerprint density at radius 2 is 2.06 bits per heavy atom. The third-order valence-electron chi connectivity index (χ3n) is 3.23. The number of amides is 1. The van der Waals surface area contributed by atoms with E-state index in [4.69, 9.17) is 5.73 Å². The third kappa shape index (κ3) is 1.97. The van der Waals surface area contributed by atoms with E-state index >= 15 is 0 Å². The van der Waals surface area contributed by atoms with Gasteiger partial charge >= 0.3 is 0 Å². The number of nitrogen functional groups attached to an aromatic ring is 1. The Hall–Kier alpha value is -2.23. The molecule has 0 unspecified atom stereocenters. The minimum Gasteiger partial charge on any atom is -0.399 e. The van der Waals surface area contributed by atoms with E-state index in [-0.39, 0.29) is 11.9 Å². The standard InChI is InChI=1S/C14H15N3O/c15-10-5-6-12-9(7-10)8-13(17-12)14(18)16-11-3-1-2-4-11/h1-2,5-8,11,17H,3-4,15H2,(H,16,18). The van der Waals surface area contributed by atoms with Crippen LogP contribution in [0.1, 0.15) is 23.3 Å². The first-order chi connectivity index (χ1) is 8.72. The zero-order chi connectivity index (χ0) is 12.5.